The predicted molar refractivity (Wildman–Crippen MR) is 82.8 cm³/mol. The van der Waals surface area contributed by atoms with Crippen molar-refractivity contribution in [2.75, 3.05) is 18.8 Å². The molecular formula is C12H20ClN3O2S2. The highest BCUT2D eigenvalue weighted by Crippen LogP contribution is 2.33. The van der Waals surface area contributed by atoms with Crippen LogP contribution in [0.1, 0.15) is 31.7 Å². The van der Waals surface area contributed by atoms with Gasteiger partial charge in [0.05, 0.1) is 17.3 Å². The predicted octanol–water partition coefficient (Wildman–Crippen LogP) is 2.36. The van der Waals surface area contributed by atoms with Crippen LogP contribution in [0.2, 0.25) is 0 Å². The molecule has 1 aliphatic rings. The minimum atomic E-state index is -3.52. The van der Waals surface area contributed by atoms with Gasteiger partial charge < -0.3 is 0 Å². The second kappa shape index (κ2) is 5.87. The summed E-state index contributed by atoms with van der Waals surface area (Å²) in [6.45, 7) is 7.09. The summed E-state index contributed by atoms with van der Waals surface area (Å²) in [5, 5.41) is 6.70. The van der Waals surface area contributed by atoms with Crippen molar-refractivity contribution in [3.63, 3.8) is 0 Å². The van der Waals surface area contributed by atoms with Gasteiger partial charge in [0.25, 0.3) is 0 Å². The zero-order valence-electron chi connectivity index (χ0n) is 11.9. The van der Waals surface area contributed by atoms with Crippen molar-refractivity contribution in [2.45, 2.75) is 42.7 Å². The van der Waals surface area contributed by atoms with Gasteiger partial charge in [-0.3, -0.25) is 5.10 Å². The highest BCUT2D eigenvalue weighted by molar-refractivity contribution is 8.00. The zero-order valence-corrected chi connectivity index (χ0v) is 14.3. The van der Waals surface area contributed by atoms with Crippen LogP contribution in [0.3, 0.4) is 0 Å². The van der Waals surface area contributed by atoms with E-state index in [1.807, 2.05) is 11.8 Å². The molecular weight excluding hydrogens is 318 g/mol. The fourth-order valence-corrected chi connectivity index (χ4v) is 5.53. The van der Waals surface area contributed by atoms with Gasteiger partial charge >= 0.3 is 0 Å². The van der Waals surface area contributed by atoms with Gasteiger partial charge in [-0.25, -0.2) is 8.42 Å². The van der Waals surface area contributed by atoms with E-state index in [0.717, 1.165) is 12.2 Å². The molecule has 2 rings (SSSR count). The lowest BCUT2D eigenvalue weighted by Crippen LogP contribution is -2.34. The molecule has 2 heterocycles. The van der Waals surface area contributed by atoms with Crippen LogP contribution in [-0.4, -0.2) is 46.5 Å². The molecule has 1 N–H and O–H groups in total. The van der Waals surface area contributed by atoms with Crippen molar-refractivity contribution >= 4 is 33.4 Å². The summed E-state index contributed by atoms with van der Waals surface area (Å²) in [5.74, 6) is 0.895. The lowest BCUT2D eigenvalue weighted by atomic mass is 10.1. The quantitative estimate of drug-likeness (QED) is 0.860. The maximum atomic E-state index is 12.8. The minimum absolute atomic E-state index is 0.0903. The van der Waals surface area contributed by atoms with E-state index in [-0.39, 0.29) is 15.5 Å². The molecule has 1 aliphatic heterocycles. The highest BCUT2D eigenvalue weighted by Gasteiger charge is 2.34. The first-order valence-corrected chi connectivity index (χ1v) is 9.48. The van der Waals surface area contributed by atoms with E-state index in [9.17, 15) is 8.42 Å². The summed E-state index contributed by atoms with van der Waals surface area (Å²) in [6.07, 6.45) is 0.837. The Balaban J connectivity index is 2.33. The van der Waals surface area contributed by atoms with Crippen LogP contribution in [-0.2, 0) is 15.9 Å². The van der Waals surface area contributed by atoms with E-state index in [1.165, 1.54) is 0 Å². The van der Waals surface area contributed by atoms with Crippen LogP contribution in [0.25, 0.3) is 0 Å². The van der Waals surface area contributed by atoms with Gasteiger partial charge in [-0.2, -0.15) is 21.2 Å². The molecule has 0 radical (unpaired) electrons. The molecule has 0 amide bonds. The molecule has 0 aliphatic carbocycles. The number of aromatic nitrogens is 2. The highest BCUT2D eigenvalue weighted by atomic mass is 35.5. The van der Waals surface area contributed by atoms with Crippen molar-refractivity contribution in [3.8, 4) is 0 Å². The van der Waals surface area contributed by atoms with Crippen LogP contribution in [0.15, 0.2) is 4.90 Å². The Labute approximate surface area is 129 Å². The van der Waals surface area contributed by atoms with Gasteiger partial charge in [-0.15, -0.1) is 11.6 Å². The third-order valence-corrected chi connectivity index (χ3v) is 7.21. The van der Waals surface area contributed by atoms with E-state index in [0.29, 0.717) is 24.5 Å². The van der Waals surface area contributed by atoms with Gasteiger partial charge in [0, 0.05) is 23.6 Å². The van der Waals surface area contributed by atoms with Crippen molar-refractivity contribution in [1.82, 2.24) is 14.5 Å². The third kappa shape index (κ3) is 3.16. The number of rotatable bonds is 3. The van der Waals surface area contributed by atoms with Crippen LogP contribution in [0, 0.1) is 6.92 Å². The SMILES string of the molecule is Cc1[nH]nc(CCl)c1S(=O)(=O)N1CCSC(C)(C)CC1. The summed E-state index contributed by atoms with van der Waals surface area (Å²) in [7, 11) is -3.52. The van der Waals surface area contributed by atoms with E-state index < -0.39 is 10.0 Å². The maximum Gasteiger partial charge on any atom is 0.246 e. The molecule has 1 aromatic rings. The molecule has 0 unspecified atom stereocenters. The number of nitrogens with zero attached hydrogens (tertiary/aromatic N) is 2. The largest absolute Gasteiger partial charge is 0.281 e. The number of halogens is 1. The normalized spacial score (nSPS) is 20.8. The minimum Gasteiger partial charge on any atom is -0.281 e. The summed E-state index contributed by atoms with van der Waals surface area (Å²) in [5.41, 5.74) is 0.956. The summed E-state index contributed by atoms with van der Waals surface area (Å²) in [4.78, 5) is 0.247. The number of hydrogen-bond donors (Lipinski definition) is 1. The lowest BCUT2D eigenvalue weighted by Gasteiger charge is -2.22. The van der Waals surface area contributed by atoms with E-state index in [1.54, 1.807) is 11.2 Å². The standard InChI is InChI=1S/C12H20ClN3O2S2/c1-9-11(10(8-13)15-14-9)20(17,18)16-5-4-12(2,3)19-7-6-16/h4-8H2,1-3H3,(H,14,15). The van der Waals surface area contributed by atoms with Gasteiger partial charge in [0.1, 0.15) is 4.90 Å². The van der Waals surface area contributed by atoms with Gasteiger partial charge in [-0.1, -0.05) is 13.8 Å². The Morgan fingerprint density at radius 3 is 2.80 bits per heavy atom. The Bertz CT molecular complexity index is 584. The number of thioether (sulfide) groups is 1. The van der Waals surface area contributed by atoms with E-state index >= 15 is 0 Å². The van der Waals surface area contributed by atoms with Gasteiger partial charge in [0.15, 0.2) is 0 Å². The number of nitrogens with one attached hydrogen (secondary N) is 1. The topological polar surface area (TPSA) is 66.1 Å². The summed E-state index contributed by atoms with van der Waals surface area (Å²) >= 11 is 7.62. The van der Waals surface area contributed by atoms with Crippen LogP contribution >= 0.6 is 23.4 Å². The maximum absolute atomic E-state index is 12.8. The average Bonchev–Trinajstić information content (AvgIpc) is 2.64. The fraction of sp³-hybridized carbons (Fsp3) is 0.750. The molecule has 0 bridgehead atoms. The molecule has 1 fully saturated rings. The van der Waals surface area contributed by atoms with Crippen LogP contribution < -0.4 is 0 Å². The van der Waals surface area contributed by atoms with Gasteiger partial charge in [0.2, 0.25) is 10.0 Å². The van der Waals surface area contributed by atoms with E-state index in [2.05, 4.69) is 24.0 Å². The first-order chi connectivity index (χ1) is 9.28. The first kappa shape index (κ1) is 16.1. The number of alkyl halides is 1. The molecule has 0 spiro atoms. The van der Waals surface area contributed by atoms with E-state index in [4.69, 9.17) is 11.6 Å². The Morgan fingerprint density at radius 2 is 2.15 bits per heavy atom. The molecule has 20 heavy (non-hydrogen) atoms. The molecule has 114 valence electrons. The average molecular weight is 338 g/mol. The third-order valence-electron chi connectivity index (χ3n) is 3.48. The van der Waals surface area contributed by atoms with Crippen LogP contribution in [0.4, 0.5) is 0 Å². The first-order valence-electron chi connectivity index (χ1n) is 6.52. The molecule has 0 saturated carbocycles. The number of sulfonamides is 1. The summed E-state index contributed by atoms with van der Waals surface area (Å²) < 4.78 is 27.3. The van der Waals surface area contributed by atoms with Crippen molar-refractivity contribution in [3.05, 3.63) is 11.4 Å². The van der Waals surface area contributed by atoms with Crippen LogP contribution in [0.5, 0.6) is 0 Å². The molecule has 8 heteroatoms. The second-order valence-electron chi connectivity index (χ2n) is 5.52. The Kier molecular flexibility index (Phi) is 4.73. The van der Waals surface area contributed by atoms with Crippen molar-refractivity contribution in [1.29, 1.82) is 0 Å². The molecule has 5 nitrogen and oxygen atoms in total. The fourth-order valence-electron chi connectivity index (χ4n) is 2.27. The number of H-pyrrole nitrogens is 1. The number of aromatic amines is 1. The monoisotopic (exact) mass is 337 g/mol. The molecule has 0 aromatic carbocycles. The lowest BCUT2D eigenvalue weighted by molar-refractivity contribution is 0.415. The molecule has 1 aromatic heterocycles. The number of aryl methyl sites for hydroxylation is 1. The van der Waals surface area contributed by atoms with Gasteiger partial charge in [-0.05, 0) is 13.3 Å². The Morgan fingerprint density at radius 1 is 1.45 bits per heavy atom. The zero-order chi connectivity index (χ0) is 15.0. The number of hydrogen-bond acceptors (Lipinski definition) is 4. The van der Waals surface area contributed by atoms with Crippen molar-refractivity contribution < 1.29 is 8.42 Å². The second-order valence-corrected chi connectivity index (χ2v) is 9.46. The molecule has 1 saturated heterocycles. The smallest absolute Gasteiger partial charge is 0.246 e. The summed E-state index contributed by atoms with van der Waals surface area (Å²) in [6, 6.07) is 0. The molecule has 0 atom stereocenters. The Hall–Kier alpha value is -0.240. The van der Waals surface area contributed by atoms with Crippen molar-refractivity contribution in [2.24, 2.45) is 0 Å².